The van der Waals surface area contributed by atoms with Crippen molar-refractivity contribution in [2.75, 3.05) is 0 Å². The van der Waals surface area contributed by atoms with Gasteiger partial charge in [-0.25, -0.2) is 15.0 Å². The van der Waals surface area contributed by atoms with Crippen molar-refractivity contribution >= 4 is 65.8 Å². The highest BCUT2D eigenvalue weighted by atomic mass is 16.3. The molecule has 0 amide bonds. The highest BCUT2D eigenvalue weighted by Gasteiger charge is 2.19. The van der Waals surface area contributed by atoms with E-state index in [1.54, 1.807) is 0 Å². The molecule has 0 aliphatic carbocycles. The Bertz CT molecular complexity index is 3520. The summed E-state index contributed by atoms with van der Waals surface area (Å²) in [6, 6.07) is 59.9. The third-order valence-electron chi connectivity index (χ3n) is 11.0. The second-order valence-electron chi connectivity index (χ2n) is 14.3. The summed E-state index contributed by atoms with van der Waals surface area (Å²) in [7, 11) is 0. The number of benzene rings is 8. The molecule has 57 heavy (non-hydrogen) atoms. The highest BCUT2D eigenvalue weighted by Crippen LogP contribution is 2.43. The molecule has 12 aromatic rings. The predicted molar refractivity (Wildman–Crippen MR) is 229 cm³/mol. The lowest BCUT2D eigenvalue weighted by Gasteiger charge is -2.10. The number of hydrogen-bond donors (Lipinski definition) is 0. The largest absolute Gasteiger partial charge is 0.456 e. The van der Waals surface area contributed by atoms with Crippen LogP contribution in [0.4, 0.5) is 0 Å². The molecule has 0 saturated carbocycles. The van der Waals surface area contributed by atoms with Crippen LogP contribution in [0, 0.1) is 0 Å². The number of para-hydroxylation sites is 3. The Hall–Kier alpha value is -7.83. The summed E-state index contributed by atoms with van der Waals surface area (Å²) in [5, 5.41) is 6.43. The molecule has 0 N–H and O–H groups in total. The maximum Gasteiger partial charge on any atom is 0.164 e. The smallest absolute Gasteiger partial charge is 0.164 e. The van der Waals surface area contributed by atoms with Gasteiger partial charge in [0.25, 0.3) is 0 Å². The molecule has 0 atom stereocenters. The molecule has 0 saturated heterocycles. The van der Waals surface area contributed by atoms with Crippen LogP contribution in [-0.2, 0) is 0 Å². The quantitative estimate of drug-likeness (QED) is 0.175. The van der Waals surface area contributed by atoms with E-state index in [4.69, 9.17) is 28.2 Å². The number of furan rings is 3. The fraction of sp³-hybridized carbons (Fsp3) is 0. The van der Waals surface area contributed by atoms with Gasteiger partial charge in [-0.3, -0.25) is 0 Å². The third kappa shape index (κ3) is 5.08. The first-order valence-corrected chi connectivity index (χ1v) is 18.9. The van der Waals surface area contributed by atoms with Crippen molar-refractivity contribution in [2.24, 2.45) is 0 Å². The molecule has 4 heterocycles. The number of nitrogens with zero attached hydrogens (tertiary/aromatic N) is 3. The monoisotopic (exact) mass is 731 g/mol. The summed E-state index contributed by atoms with van der Waals surface area (Å²) in [6.45, 7) is 0. The van der Waals surface area contributed by atoms with E-state index in [0.717, 1.165) is 105 Å². The van der Waals surface area contributed by atoms with Crippen molar-refractivity contribution in [3.8, 4) is 56.4 Å². The fourth-order valence-corrected chi connectivity index (χ4v) is 8.20. The van der Waals surface area contributed by atoms with E-state index in [-0.39, 0.29) is 0 Å². The first-order valence-electron chi connectivity index (χ1n) is 18.9. The number of fused-ring (bicyclic) bond motifs is 9. The van der Waals surface area contributed by atoms with Crippen molar-refractivity contribution in [3.05, 3.63) is 176 Å². The van der Waals surface area contributed by atoms with Crippen LogP contribution >= 0.6 is 0 Å². The molecule has 4 aromatic heterocycles. The van der Waals surface area contributed by atoms with Gasteiger partial charge in [-0.15, -0.1) is 0 Å². The number of aromatic nitrogens is 3. The maximum absolute atomic E-state index is 6.68. The van der Waals surface area contributed by atoms with Gasteiger partial charge in [-0.2, -0.15) is 0 Å². The van der Waals surface area contributed by atoms with Crippen molar-refractivity contribution in [1.29, 1.82) is 0 Å². The van der Waals surface area contributed by atoms with E-state index in [0.29, 0.717) is 17.5 Å². The molecule has 0 unspecified atom stereocenters. The molecule has 0 spiro atoms. The van der Waals surface area contributed by atoms with E-state index < -0.39 is 0 Å². The maximum atomic E-state index is 6.68. The minimum Gasteiger partial charge on any atom is -0.456 e. The molecule has 0 radical (unpaired) electrons. The molecule has 0 fully saturated rings. The Labute approximate surface area is 325 Å². The van der Waals surface area contributed by atoms with E-state index in [1.165, 1.54) is 0 Å². The van der Waals surface area contributed by atoms with E-state index in [2.05, 4.69) is 91.0 Å². The molecule has 12 rings (SSSR count). The predicted octanol–water partition coefficient (Wildman–Crippen LogP) is 13.9. The zero-order valence-electron chi connectivity index (χ0n) is 30.3. The van der Waals surface area contributed by atoms with Crippen molar-refractivity contribution < 1.29 is 13.3 Å². The molecule has 266 valence electrons. The first kappa shape index (κ1) is 31.5. The minimum atomic E-state index is 0.592. The van der Waals surface area contributed by atoms with Gasteiger partial charge in [0.05, 0.1) is 0 Å². The third-order valence-corrected chi connectivity index (χ3v) is 11.0. The molecule has 8 aromatic carbocycles. The molecule has 6 heteroatoms. The second-order valence-corrected chi connectivity index (χ2v) is 14.3. The van der Waals surface area contributed by atoms with Crippen LogP contribution in [0.1, 0.15) is 0 Å². The molecule has 6 nitrogen and oxygen atoms in total. The Morgan fingerprint density at radius 2 is 0.719 bits per heavy atom. The van der Waals surface area contributed by atoms with Gasteiger partial charge in [0, 0.05) is 54.6 Å². The van der Waals surface area contributed by atoms with E-state index in [1.807, 2.05) is 84.9 Å². The van der Waals surface area contributed by atoms with Gasteiger partial charge >= 0.3 is 0 Å². The van der Waals surface area contributed by atoms with E-state index in [9.17, 15) is 0 Å². The second kappa shape index (κ2) is 12.3. The number of rotatable bonds is 5. The summed E-state index contributed by atoms with van der Waals surface area (Å²) < 4.78 is 18.9. The van der Waals surface area contributed by atoms with Crippen LogP contribution in [-0.4, -0.2) is 15.0 Å². The average Bonchev–Trinajstić information content (AvgIpc) is 3.97. The Morgan fingerprint density at radius 1 is 0.281 bits per heavy atom. The lowest BCUT2D eigenvalue weighted by Crippen LogP contribution is -2.00. The topological polar surface area (TPSA) is 78.1 Å². The van der Waals surface area contributed by atoms with Gasteiger partial charge < -0.3 is 13.3 Å². The molecular weight excluding hydrogens is 703 g/mol. The summed E-state index contributed by atoms with van der Waals surface area (Å²) in [6.07, 6.45) is 0. The van der Waals surface area contributed by atoms with E-state index >= 15 is 0 Å². The SMILES string of the molecule is c1ccc(-c2nc(-c3ccc(-c4ccc(-c5ccc6oc7ccccc7c6c5)c5c4oc4ccccc45)cc3)nc(-c3ccc4oc5ccccc5c4c3)n2)cc1. The summed E-state index contributed by atoms with van der Waals surface area (Å²) in [5.41, 5.74) is 12.1. The molecule has 0 aliphatic rings. The normalized spacial score (nSPS) is 11.9. The average molecular weight is 732 g/mol. The highest BCUT2D eigenvalue weighted by molar-refractivity contribution is 6.17. The first-order chi connectivity index (χ1) is 28.2. The van der Waals surface area contributed by atoms with Crippen molar-refractivity contribution in [3.63, 3.8) is 0 Å². The number of hydrogen-bond acceptors (Lipinski definition) is 6. The zero-order chi connectivity index (χ0) is 37.5. The van der Waals surface area contributed by atoms with Gasteiger partial charge in [0.2, 0.25) is 0 Å². The van der Waals surface area contributed by atoms with Crippen molar-refractivity contribution in [1.82, 2.24) is 15.0 Å². The van der Waals surface area contributed by atoms with Crippen LogP contribution in [0.3, 0.4) is 0 Å². The van der Waals surface area contributed by atoms with Gasteiger partial charge in [-0.05, 0) is 71.3 Å². The van der Waals surface area contributed by atoms with Crippen LogP contribution in [0.15, 0.2) is 189 Å². The Balaban J connectivity index is 0.978. The summed E-state index contributed by atoms with van der Waals surface area (Å²) in [5.74, 6) is 1.79. The van der Waals surface area contributed by atoms with Crippen LogP contribution in [0.2, 0.25) is 0 Å². The van der Waals surface area contributed by atoms with Gasteiger partial charge in [0.15, 0.2) is 17.5 Å². The molecular formula is C51H29N3O3. The van der Waals surface area contributed by atoms with Crippen LogP contribution in [0.25, 0.3) is 122 Å². The Kier molecular flexibility index (Phi) is 6.83. The lowest BCUT2D eigenvalue weighted by molar-refractivity contribution is 0.668. The van der Waals surface area contributed by atoms with Gasteiger partial charge in [-0.1, -0.05) is 121 Å². The standard InChI is InChI=1S/C51H29N3O3/c1-2-10-31(11-3-1)49-52-50(54-51(53-49)34-23-27-46-41(29-34)38-13-5-8-16-43(38)56-46)32-20-18-30(19-21-32)36-25-24-35(47-39-14-6-9-17-44(39)57-48(36)47)33-22-26-45-40(28-33)37-12-4-7-15-42(37)55-45/h1-29H. The molecule has 0 aliphatic heterocycles. The van der Waals surface area contributed by atoms with Crippen LogP contribution < -0.4 is 0 Å². The van der Waals surface area contributed by atoms with Crippen molar-refractivity contribution in [2.45, 2.75) is 0 Å². The van der Waals surface area contributed by atoms with Crippen LogP contribution in [0.5, 0.6) is 0 Å². The minimum absolute atomic E-state index is 0.592. The Morgan fingerprint density at radius 3 is 1.37 bits per heavy atom. The zero-order valence-corrected chi connectivity index (χ0v) is 30.3. The molecule has 0 bridgehead atoms. The summed E-state index contributed by atoms with van der Waals surface area (Å²) in [4.78, 5) is 15.0. The fourth-order valence-electron chi connectivity index (χ4n) is 8.20. The summed E-state index contributed by atoms with van der Waals surface area (Å²) >= 11 is 0. The van der Waals surface area contributed by atoms with Gasteiger partial charge in [0.1, 0.15) is 33.5 Å². The lowest BCUT2D eigenvalue weighted by atomic mass is 9.93.